The summed E-state index contributed by atoms with van der Waals surface area (Å²) < 4.78 is 44.9. The average Bonchev–Trinajstić information content (AvgIpc) is 3.05. The van der Waals surface area contributed by atoms with E-state index in [1.807, 2.05) is 0 Å². The van der Waals surface area contributed by atoms with E-state index >= 15 is 0 Å². The molecule has 0 saturated heterocycles. The van der Waals surface area contributed by atoms with Crippen LogP contribution in [0.4, 0.5) is 13.2 Å². The average molecular weight is 269 g/mol. The quantitative estimate of drug-likeness (QED) is 0.537. The number of halogens is 3. The molecule has 0 aromatic heterocycles. The molecule has 1 fully saturated rings. The minimum atomic E-state index is -4.33. The molecular weight excluding hydrogens is 251 g/mol. The van der Waals surface area contributed by atoms with Crippen LogP contribution in [0, 0.1) is 0 Å². The fourth-order valence-corrected chi connectivity index (χ4v) is 1.44. The molecule has 1 atom stereocenters. The van der Waals surface area contributed by atoms with Crippen molar-refractivity contribution in [2.45, 2.75) is 44.4 Å². The van der Waals surface area contributed by atoms with Crippen molar-refractivity contribution in [1.29, 1.82) is 0 Å². The van der Waals surface area contributed by atoms with Crippen LogP contribution in [0.1, 0.15) is 26.2 Å². The van der Waals surface area contributed by atoms with Crippen LogP contribution >= 0.6 is 0 Å². The Balaban J connectivity index is 2.24. The summed E-state index contributed by atoms with van der Waals surface area (Å²) in [5.41, 5.74) is 0. The lowest BCUT2D eigenvalue weighted by Gasteiger charge is -2.17. The molecule has 18 heavy (non-hydrogen) atoms. The van der Waals surface area contributed by atoms with E-state index in [1.165, 1.54) is 0 Å². The van der Waals surface area contributed by atoms with Crippen molar-refractivity contribution < 1.29 is 27.4 Å². The third-order valence-corrected chi connectivity index (χ3v) is 2.40. The molecule has 1 aliphatic rings. The van der Waals surface area contributed by atoms with Crippen LogP contribution in [-0.2, 0) is 14.3 Å². The summed E-state index contributed by atoms with van der Waals surface area (Å²) in [6.07, 6.45) is -2.17. The molecule has 0 bridgehead atoms. The standard InChI is InChI=1S/C11H18F3NO3/c1-2-18-10(16)9(15-8-3-4-8)5-6-17-7-11(12,13)14/h8-9,15H,2-7H2,1H3. The second-order valence-corrected chi connectivity index (χ2v) is 4.20. The normalized spacial score (nSPS) is 17.6. The highest BCUT2D eigenvalue weighted by Gasteiger charge is 2.30. The lowest BCUT2D eigenvalue weighted by Crippen LogP contribution is -2.40. The first-order valence-corrected chi connectivity index (χ1v) is 5.99. The number of carbonyl (C=O) groups is 1. The first-order valence-electron chi connectivity index (χ1n) is 5.99. The zero-order valence-corrected chi connectivity index (χ0v) is 10.3. The Morgan fingerprint density at radius 1 is 1.44 bits per heavy atom. The van der Waals surface area contributed by atoms with Gasteiger partial charge in [0, 0.05) is 12.6 Å². The third kappa shape index (κ3) is 6.80. The minimum Gasteiger partial charge on any atom is -0.465 e. The van der Waals surface area contributed by atoms with E-state index in [2.05, 4.69) is 10.1 Å². The van der Waals surface area contributed by atoms with Gasteiger partial charge in [0.25, 0.3) is 0 Å². The SMILES string of the molecule is CCOC(=O)C(CCOCC(F)(F)F)NC1CC1. The number of hydrogen-bond donors (Lipinski definition) is 1. The van der Waals surface area contributed by atoms with Crippen molar-refractivity contribution in [2.75, 3.05) is 19.8 Å². The molecule has 0 amide bonds. The maximum absolute atomic E-state index is 11.8. The molecular formula is C11H18F3NO3. The number of hydrogen-bond acceptors (Lipinski definition) is 4. The van der Waals surface area contributed by atoms with E-state index in [-0.39, 0.29) is 25.7 Å². The number of ether oxygens (including phenoxy) is 2. The molecule has 106 valence electrons. The van der Waals surface area contributed by atoms with E-state index in [0.717, 1.165) is 12.8 Å². The van der Waals surface area contributed by atoms with Crippen molar-refractivity contribution in [3.8, 4) is 0 Å². The molecule has 1 unspecified atom stereocenters. The summed E-state index contributed by atoms with van der Waals surface area (Å²) in [5, 5.41) is 3.04. The molecule has 7 heteroatoms. The highest BCUT2D eigenvalue weighted by atomic mass is 19.4. The molecule has 4 nitrogen and oxygen atoms in total. The highest BCUT2D eigenvalue weighted by molar-refractivity contribution is 5.75. The monoisotopic (exact) mass is 269 g/mol. The molecule has 1 saturated carbocycles. The minimum absolute atomic E-state index is 0.122. The maximum atomic E-state index is 11.8. The van der Waals surface area contributed by atoms with E-state index in [4.69, 9.17) is 4.74 Å². The Kier molecular flexibility index (Phi) is 5.87. The van der Waals surface area contributed by atoms with Crippen molar-refractivity contribution in [3.63, 3.8) is 0 Å². The van der Waals surface area contributed by atoms with E-state index < -0.39 is 24.8 Å². The number of alkyl halides is 3. The lowest BCUT2D eigenvalue weighted by molar-refractivity contribution is -0.174. The third-order valence-electron chi connectivity index (χ3n) is 2.40. The molecule has 0 heterocycles. The van der Waals surface area contributed by atoms with Crippen LogP contribution in [0.3, 0.4) is 0 Å². The second-order valence-electron chi connectivity index (χ2n) is 4.20. The highest BCUT2D eigenvalue weighted by Crippen LogP contribution is 2.20. The summed E-state index contributed by atoms with van der Waals surface area (Å²) in [5.74, 6) is -0.431. The Bertz CT molecular complexity index is 267. The largest absolute Gasteiger partial charge is 0.465 e. The Labute approximate surface area is 104 Å². The van der Waals surface area contributed by atoms with Crippen molar-refractivity contribution in [2.24, 2.45) is 0 Å². The van der Waals surface area contributed by atoms with Gasteiger partial charge >= 0.3 is 12.1 Å². The van der Waals surface area contributed by atoms with Gasteiger partial charge in [-0.1, -0.05) is 0 Å². The van der Waals surface area contributed by atoms with Gasteiger partial charge in [-0.15, -0.1) is 0 Å². The lowest BCUT2D eigenvalue weighted by atomic mass is 10.2. The number of nitrogens with one attached hydrogen (secondary N) is 1. The summed E-state index contributed by atoms with van der Waals surface area (Å²) >= 11 is 0. The van der Waals surface area contributed by atoms with Crippen LogP contribution in [-0.4, -0.2) is 44.0 Å². The first-order chi connectivity index (χ1) is 8.42. The number of esters is 1. The van der Waals surface area contributed by atoms with Crippen molar-refractivity contribution in [3.05, 3.63) is 0 Å². The van der Waals surface area contributed by atoms with Crippen LogP contribution < -0.4 is 5.32 Å². The van der Waals surface area contributed by atoms with Gasteiger partial charge in [-0.2, -0.15) is 13.2 Å². The van der Waals surface area contributed by atoms with Gasteiger partial charge in [0.15, 0.2) is 0 Å². The Hall–Kier alpha value is -0.820. The molecule has 0 spiro atoms. The number of carbonyl (C=O) groups excluding carboxylic acids is 1. The summed E-state index contributed by atoms with van der Waals surface area (Å²) in [6, 6.07) is -0.298. The second kappa shape index (κ2) is 6.94. The molecule has 0 aromatic rings. The summed E-state index contributed by atoms with van der Waals surface area (Å²) in [7, 11) is 0. The van der Waals surface area contributed by atoms with Gasteiger partial charge in [-0.3, -0.25) is 4.79 Å². The summed E-state index contributed by atoms with van der Waals surface area (Å²) in [4.78, 5) is 11.5. The van der Waals surface area contributed by atoms with Crippen LogP contribution in [0.5, 0.6) is 0 Å². The van der Waals surface area contributed by atoms with Crippen LogP contribution in [0.15, 0.2) is 0 Å². The Morgan fingerprint density at radius 3 is 2.61 bits per heavy atom. The first kappa shape index (κ1) is 15.2. The van der Waals surface area contributed by atoms with Crippen LogP contribution in [0.2, 0.25) is 0 Å². The van der Waals surface area contributed by atoms with Crippen LogP contribution in [0.25, 0.3) is 0 Å². The Morgan fingerprint density at radius 2 is 2.11 bits per heavy atom. The molecule has 1 aliphatic carbocycles. The van der Waals surface area contributed by atoms with E-state index in [0.29, 0.717) is 0 Å². The topological polar surface area (TPSA) is 47.6 Å². The fourth-order valence-electron chi connectivity index (χ4n) is 1.44. The summed E-state index contributed by atoms with van der Waals surface area (Å²) in [6.45, 7) is 0.534. The zero-order valence-electron chi connectivity index (χ0n) is 10.3. The van der Waals surface area contributed by atoms with Gasteiger partial charge in [-0.25, -0.2) is 0 Å². The zero-order chi connectivity index (χ0) is 13.6. The molecule has 0 aromatic carbocycles. The van der Waals surface area contributed by atoms with E-state index in [9.17, 15) is 18.0 Å². The molecule has 1 rings (SSSR count). The van der Waals surface area contributed by atoms with Gasteiger partial charge in [0.2, 0.25) is 0 Å². The van der Waals surface area contributed by atoms with Gasteiger partial charge in [0.05, 0.1) is 6.61 Å². The molecule has 0 radical (unpaired) electrons. The van der Waals surface area contributed by atoms with E-state index in [1.54, 1.807) is 6.92 Å². The predicted octanol–water partition coefficient (Wildman–Crippen LogP) is 1.64. The predicted molar refractivity (Wildman–Crippen MR) is 58.1 cm³/mol. The fraction of sp³-hybridized carbons (Fsp3) is 0.909. The smallest absolute Gasteiger partial charge is 0.411 e. The maximum Gasteiger partial charge on any atom is 0.411 e. The van der Waals surface area contributed by atoms with Gasteiger partial charge in [0.1, 0.15) is 12.6 Å². The van der Waals surface area contributed by atoms with Crippen molar-refractivity contribution in [1.82, 2.24) is 5.32 Å². The van der Waals surface area contributed by atoms with Gasteiger partial charge < -0.3 is 14.8 Å². The number of rotatable bonds is 8. The molecule has 1 N–H and O–H groups in total. The van der Waals surface area contributed by atoms with Crippen molar-refractivity contribution >= 4 is 5.97 Å². The molecule has 0 aliphatic heterocycles. The van der Waals surface area contributed by atoms with Gasteiger partial charge in [-0.05, 0) is 26.2 Å².